The minimum atomic E-state index is -4.62. The Morgan fingerprint density at radius 2 is 2.00 bits per heavy atom. The lowest BCUT2D eigenvalue weighted by atomic mass is 9.89. The standard InChI is InChI=1S/C11H11F3N2O3/c12-11(13,14)6-1-2-9(10(3-6)16(18)19)15-7-4-8(17)5-7/h1-3,7-8,15,17H,4-5H2. The summed E-state index contributed by atoms with van der Waals surface area (Å²) in [4.78, 5) is 9.95. The summed E-state index contributed by atoms with van der Waals surface area (Å²) in [6, 6.07) is 2.21. The van der Waals surface area contributed by atoms with Gasteiger partial charge < -0.3 is 10.4 Å². The molecule has 5 nitrogen and oxygen atoms in total. The van der Waals surface area contributed by atoms with Crippen LogP contribution in [-0.4, -0.2) is 22.2 Å². The first kappa shape index (κ1) is 13.6. The predicted octanol–water partition coefficient (Wildman–Crippen LogP) is 2.55. The van der Waals surface area contributed by atoms with Gasteiger partial charge in [-0.25, -0.2) is 0 Å². The van der Waals surface area contributed by atoms with E-state index in [1.165, 1.54) is 0 Å². The zero-order valence-corrected chi connectivity index (χ0v) is 9.65. The summed E-state index contributed by atoms with van der Waals surface area (Å²) < 4.78 is 37.4. The summed E-state index contributed by atoms with van der Waals surface area (Å²) in [6.45, 7) is 0. The van der Waals surface area contributed by atoms with E-state index in [2.05, 4.69) is 5.32 Å². The molecule has 1 aliphatic rings. The Morgan fingerprint density at radius 3 is 2.47 bits per heavy atom. The lowest BCUT2D eigenvalue weighted by molar-refractivity contribution is -0.384. The molecule has 1 aliphatic carbocycles. The smallest absolute Gasteiger partial charge is 0.393 e. The highest BCUT2D eigenvalue weighted by Gasteiger charge is 2.34. The Morgan fingerprint density at radius 1 is 1.37 bits per heavy atom. The highest BCUT2D eigenvalue weighted by Crippen LogP contribution is 2.36. The van der Waals surface area contributed by atoms with Crippen LogP contribution in [0, 0.1) is 10.1 Å². The Hall–Kier alpha value is -1.83. The van der Waals surface area contributed by atoms with Crippen LogP contribution >= 0.6 is 0 Å². The number of hydrogen-bond acceptors (Lipinski definition) is 4. The van der Waals surface area contributed by atoms with Gasteiger partial charge in [-0.05, 0) is 25.0 Å². The molecule has 2 rings (SSSR count). The maximum absolute atomic E-state index is 12.5. The third-order valence-electron chi connectivity index (χ3n) is 2.99. The monoisotopic (exact) mass is 276 g/mol. The van der Waals surface area contributed by atoms with Crippen molar-refractivity contribution < 1.29 is 23.2 Å². The van der Waals surface area contributed by atoms with Gasteiger partial charge in [-0.2, -0.15) is 13.2 Å². The molecule has 1 fully saturated rings. The molecule has 0 saturated heterocycles. The molecule has 1 aromatic rings. The molecule has 0 spiro atoms. The van der Waals surface area contributed by atoms with E-state index in [1.54, 1.807) is 0 Å². The van der Waals surface area contributed by atoms with Gasteiger partial charge in [-0.15, -0.1) is 0 Å². The number of nitrogens with zero attached hydrogens (tertiary/aromatic N) is 1. The maximum atomic E-state index is 12.5. The van der Waals surface area contributed by atoms with Crippen LogP contribution in [0.15, 0.2) is 18.2 Å². The molecule has 0 bridgehead atoms. The van der Waals surface area contributed by atoms with Crippen LogP contribution in [0.4, 0.5) is 24.5 Å². The van der Waals surface area contributed by atoms with E-state index in [9.17, 15) is 23.3 Å². The molecule has 0 aromatic heterocycles. The number of nitro groups is 1. The van der Waals surface area contributed by atoms with E-state index >= 15 is 0 Å². The Labute approximate surface area is 106 Å². The fourth-order valence-electron chi connectivity index (χ4n) is 1.91. The van der Waals surface area contributed by atoms with E-state index in [4.69, 9.17) is 5.11 Å². The summed E-state index contributed by atoms with van der Waals surface area (Å²) in [5.74, 6) is 0. The van der Waals surface area contributed by atoms with E-state index in [1.807, 2.05) is 0 Å². The lowest BCUT2D eigenvalue weighted by Crippen LogP contribution is -2.39. The SMILES string of the molecule is O=[N+]([O-])c1cc(C(F)(F)F)ccc1NC1CC(O)C1. The van der Waals surface area contributed by atoms with Crippen molar-refractivity contribution in [2.75, 3.05) is 5.32 Å². The van der Waals surface area contributed by atoms with Crippen molar-refractivity contribution in [1.29, 1.82) is 0 Å². The quantitative estimate of drug-likeness (QED) is 0.657. The molecular weight excluding hydrogens is 265 g/mol. The van der Waals surface area contributed by atoms with Gasteiger partial charge in [0.15, 0.2) is 0 Å². The molecule has 1 aromatic carbocycles. The molecule has 0 heterocycles. The second kappa shape index (κ2) is 4.69. The van der Waals surface area contributed by atoms with Crippen molar-refractivity contribution in [2.24, 2.45) is 0 Å². The second-order valence-electron chi connectivity index (χ2n) is 4.45. The van der Waals surface area contributed by atoms with Crippen LogP contribution in [0.25, 0.3) is 0 Å². The van der Waals surface area contributed by atoms with E-state index in [-0.39, 0.29) is 11.7 Å². The number of nitrogens with one attached hydrogen (secondary N) is 1. The minimum absolute atomic E-state index is 0.0369. The fraction of sp³-hybridized carbons (Fsp3) is 0.455. The number of benzene rings is 1. The molecule has 0 radical (unpaired) electrons. The summed E-state index contributed by atoms with van der Waals surface area (Å²) >= 11 is 0. The van der Waals surface area contributed by atoms with Gasteiger partial charge in [0.1, 0.15) is 5.69 Å². The van der Waals surface area contributed by atoms with E-state index < -0.39 is 28.5 Å². The lowest BCUT2D eigenvalue weighted by Gasteiger charge is -2.32. The number of aliphatic hydroxyl groups is 1. The number of aliphatic hydroxyl groups excluding tert-OH is 1. The van der Waals surface area contributed by atoms with Crippen LogP contribution in [0.2, 0.25) is 0 Å². The van der Waals surface area contributed by atoms with Crippen molar-refractivity contribution in [1.82, 2.24) is 0 Å². The van der Waals surface area contributed by atoms with Crippen LogP contribution in [0.3, 0.4) is 0 Å². The van der Waals surface area contributed by atoms with Crippen molar-refractivity contribution in [3.8, 4) is 0 Å². The zero-order valence-electron chi connectivity index (χ0n) is 9.65. The number of hydrogen-bond donors (Lipinski definition) is 2. The number of alkyl halides is 3. The number of rotatable bonds is 3. The highest BCUT2D eigenvalue weighted by atomic mass is 19.4. The molecule has 0 unspecified atom stereocenters. The highest BCUT2D eigenvalue weighted by molar-refractivity contribution is 5.63. The van der Waals surface area contributed by atoms with Crippen molar-refractivity contribution in [3.63, 3.8) is 0 Å². The average molecular weight is 276 g/mol. The van der Waals surface area contributed by atoms with Gasteiger partial charge in [0.2, 0.25) is 0 Å². The fourth-order valence-corrected chi connectivity index (χ4v) is 1.91. The number of halogens is 3. The zero-order chi connectivity index (χ0) is 14.2. The van der Waals surface area contributed by atoms with E-state index in [0.717, 1.165) is 12.1 Å². The topological polar surface area (TPSA) is 75.4 Å². The van der Waals surface area contributed by atoms with Gasteiger partial charge in [-0.3, -0.25) is 10.1 Å². The molecule has 0 aliphatic heterocycles. The first-order valence-corrected chi connectivity index (χ1v) is 5.57. The van der Waals surface area contributed by atoms with Crippen molar-refractivity contribution >= 4 is 11.4 Å². The van der Waals surface area contributed by atoms with Gasteiger partial charge in [-0.1, -0.05) is 0 Å². The predicted molar refractivity (Wildman–Crippen MR) is 60.7 cm³/mol. The van der Waals surface area contributed by atoms with Gasteiger partial charge in [0.25, 0.3) is 5.69 Å². The summed E-state index contributed by atoms with van der Waals surface area (Å²) in [7, 11) is 0. The summed E-state index contributed by atoms with van der Waals surface area (Å²) in [6.07, 6.45) is -4.21. The second-order valence-corrected chi connectivity index (χ2v) is 4.45. The molecular formula is C11H11F3N2O3. The molecule has 0 amide bonds. The first-order chi connectivity index (χ1) is 8.77. The number of nitro benzene ring substituents is 1. The van der Waals surface area contributed by atoms with Crippen LogP contribution in [-0.2, 0) is 6.18 Å². The van der Waals surface area contributed by atoms with Crippen molar-refractivity contribution in [3.05, 3.63) is 33.9 Å². The minimum Gasteiger partial charge on any atom is -0.393 e. The molecule has 19 heavy (non-hydrogen) atoms. The van der Waals surface area contributed by atoms with Crippen LogP contribution in [0.1, 0.15) is 18.4 Å². The van der Waals surface area contributed by atoms with Gasteiger partial charge >= 0.3 is 6.18 Å². The van der Waals surface area contributed by atoms with Crippen LogP contribution in [0.5, 0.6) is 0 Å². The Bertz CT molecular complexity index is 498. The first-order valence-electron chi connectivity index (χ1n) is 5.57. The Kier molecular flexibility index (Phi) is 3.36. The third kappa shape index (κ3) is 2.95. The Balaban J connectivity index is 2.25. The largest absolute Gasteiger partial charge is 0.416 e. The molecule has 2 N–H and O–H groups in total. The summed E-state index contributed by atoms with van der Waals surface area (Å²) in [5, 5.41) is 22.7. The summed E-state index contributed by atoms with van der Waals surface area (Å²) in [5.41, 5.74) is -1.63. The van der Waals surface area contributed by atoms with Gasteiger partial charge in [0.05, 0.1) is 16.6 Å². The van der Waals surface area contributed by atoms with Crippen molar-refractivity contribution in [2.45, 2.75) is 31.2 Å². The van der Waals surface area contributed by atoms with E-state index in [0.29, 0.717) is 18.9 Å². The number of anilines is 1. The molecule has 1 saturated carbocycles. The average Bonchev–Trinajstić information content (AvgIpc) is 2.25. The van der Waals surface area contributed by atoms with Gasteiger partial charge in [0, 0.05) is 12.1 Å². The third-order valence-corrected chi connectivity index (χ3v) is 2.99. The molecule has 104 valence electrons. The molecule has 0 atom stereocenters. The maximum Gasteiger partial charge on any atom is 0.416 e. The normalized spacial score (nSPS) is 22.7. The van der Waals surface area contributed by atoms with Crippen LogP contribution < -0.4 is 5.32 Å². The molecule has 8 heteroatoms.